The van der Waals surface area contributed by atoms with Crippen LogP contribution in [0, 0.1) is 21.4 Å². The molecule has 0 saturated carbocycles. The number of nitro groups is 1. The van der Waals surface area contributed by atoms with Crippen molar-refractivity contribution in [2.75, 3.05) is 0 Å². The number of rotatable bonds is 4. The lowest BCUT2D eigenvalue weighted by molar-refractivity contribution is -0.384. The van der Waals surface area contributed by atoms with Crippen LogP contribution in [-0.4, -0.2) is 4.92 Å². The second kappa shape index (κ2) is 5.21. The number of non-ortho nitro benzene ring substituents is 1. The zero-order valence-electron chi connectivity index (χ0n) is 10.4. The van der Waals surface area contributed by atoms with Crippen LogP contribution >= 0.6 is 11.3 Å². The maximum atomic E-state index is 10.6. The number of nitrogens with zero attached hydrogens (tertiary/aromatic N) is 2. The molecule has 0 spiro atoms. The minimum absolute atomic E-state index is 0.0418. The molecule has 1 aromatic heterocycles. The Morgan fingerprint density at radius 1 is 1.37 bits per heavy atom. The summed E-state index contributed by atoms with van der Waals surface area (Å²) >= 11 is 1.61. The van der Waals surface area contributed by atoms with E-state index in [4.69, 9.17) is 0 Å². The van der Waals surface area contributed by atoms with Gasteiger partial charge in [0.05, 0.1) is 16.4 Å². The Hall–Kier alpha value is -2.19. The summed E-state index contributed by atoms with van der Waals surface area (Å²) in [6.45, 7) is 1.86. The Balaban J connectivity index is 2.30. The smallest absolute Gasteiger partial charge is 0.258 e. The molecule has 0 N–H and O–H groups in total. The monoisotopic (exact) mass is 272 g/mol. The minimum Gasteiger partial charge on any atom is -0.258 e. The van der Waals surface area contributed by atoms with Gasteiger partial charge < -0.3 is 0 Å². The molecule has 1 atom stereocenters. The first-order valence-electron chi connectivity index (χ1n) is 5.74. The van der Waals surface area contributed by atoms with Gasteiger partial charge in [0, 0.05) is 23.4 Å². The molecule has 0 radical (unpaired) electrons. The van der Waals surface area contributed by atoms with Crippen LogP contribution in [0.1, 0.15) is 17.4 Å². The Bertz CT molecular complexity index is 614. The maximum absolute atomic E-state index is 10.6. The lowest BCUT2D eigenvalue weighted by atomic mass is 9.80. The third-order valence-electron chi connectivity index (χ3n) is 3.07. The largest absolute Gasteiger partial charge is 0.269 e. The number of hydrogen-bond donors (Lipinski definition) is 0. The third-order valence-corrected chi connectivity index (χ3v) is 3.95. The molecule has 1 unspecified atom stereocenters. The summed E-state index contributed by atoms with van der Waals surface area (Å²) in [6, 6.07) is 12.5. The highest BCUT2D eigenvalue weighted by Crippen LogP contribution is 2.30. The van der Waals surface area contributed by atoms with Crippen LogP contribution in [0.15, 0.2) is 41.8 Å². The Morgan fingerprint density at radius 3 is 2.53 bits per heavy atom. The average molecular weight is 272 g/mol. The fourth-order valence-corrected chi connectivity index (χ4v) is 2.78. The van der Waals surface area contributed by atoms with Gasteiger partial charge in [-0.3, -0.25) is 10.1 Å². The first kappa shape index (κ1) is 13.2. The summed E-state index contributed by atoms with van der Waals surface area (Å²) in [5.74, 6) is 0. The first-order valence-corrected chi connectivity index (χ1v) is 6.62. The molecule has 5 heteroatoms. The van der Waals surface area contributed by atoms with Gasteiger partial charge in [-0.05, 0) is 23.9 Å². The van der Waals surface area contributed by atoms with Gasteiger partial charge in [-0.2, -0.15) is 5.26 Å². The molecule has 1 heterocycles. The van der Waals surface area contributed by atoms with Crippen LogP contribution in [-0.2, 0) is 11.8 Å². The van der Waals surface area contributed by atoms with Gasteiger partial charge in [-0.25, -0.2) is 0 Å². The van der Waals surface area contributed by atoms with Crippen molar-refractivity contribution in [2.24, 2.45) is 0 Å². The second-order valence-corrected chi connectivity index (χ2v) is 5.54. The van der Waals surface area contributed by atoms with Crippen molar-refractivity contribution in [2.45, 2.75) is 18.8 Å². The Morgan fingerprint density at radius 2 is 2.05 bits per heavy atom. The van der Waals surface area contributed by atoms with Gasteiger partial charge in [-0.15, -0.1) is 11.3 Å². The van der Waals surface area contributed by atoms with E-state index in [2.05, 4.69) is 6.07 Å². The zero-order chi connectivity index (χ0) is 13.9. The summed E-state index contributed by atoms with van der Waals surface area (Å²) in [5.41, 5.74) is 0.175. The van der Waals surface area contributed by atoms with Gasteiger partial charge in [-0.1, -0.05) is 18.2 Å². The fourth-order valence-electron chi connectivity index (χ4n) is 1.92. The lowest BCUT2D eigenvalue weighted by Crippen LogP contribution is -2.22. The van der Waals surface area contributed by atoms with Gasteiger partial charge in [0.2, 0.25) is 0 Å². The maximum Gasteiger partial charge on any atom is 0.269 e. The van der Waals surface area contributed by atoms with Crippen molar-refractivity contribution in [1.82, 2.24) is 0 Å². The quantitative estimate of drug-likeness (QED) is 0.629. The van der Waals surface area contributed by atoms with Gasteiger partial charge in [0.15, 0.2) is 0 Å². The Labute approximate surface area is 115 Å². The zero-order valence-corrected chi connectivity index (χ0v) is 11.2. The van der Waals surface area contributed by atoms with E-state index in [1.807, 2.05) is 24.4 Å². The van der Waals surface area contributed by atoms with Crippen molar-refractivity contribution >= 4 is 17.0 Å². The van der Waals surface area contributed by atoms with Crippen molar-refractivity contribution in [3.8, 4) is 6.07 Å². The minimum atomic E-state index is -0.667. The Kier molecular flexibility index (Phi) is 3.63. The van der Waals surface area contributed by atoms with E-state index < -0.39 is 10.3 Å². The van der Waals surface area contributed by atoms with Crippen LogP contribution in [0.2, 0.25) is 0 Å². The summed E-state index contributed by atoms with van der Waals surface area (Å²) in [6.07, 6.45) is 0.610. The number of nitriles is 1. The normalized spacial score (nSPS) is 13.5. The molecule has 2 aromatic rings. The highest BCUT2D eigenvalue weighted by Gasteiger charge is 2.27. The fraction of sp³-hybridized carbons (Fsp3) is 0.214. The molecule has 0 aliphatic rings. The van der Waals surface area contributed by atoms with Crippen LogP contribution in [0.3, 0.4) is 0 Å². The first-order chi connectivity index (χ1) is 9.05. The van der Waals surface area contributed by atoms with Crippen LogP contribution < -0.4 is 0 Å². The van der Waals surface area contributed by atoms with Gasteiger partial charge in [0.25, 0.3) is 5.69 Å². The molecule has 1 aromatic carbocycles. The van der Waals surface area contributed by atoms with E-state index >= 15 is 0 Å². The molecular weight excluding hydrogens is 260 g/mol. The van der Waals surface area contributed by atoms with Crippen molar-refractivity contribution < 1.29 is 4.92 Å². The lowest BCUT2D eigenvalue weighted by Gasteiger charge is -2.21. The summed E-state index contributed by atoms with van der Waals surface area (Å²) in [4.78, 5) is 11.3. The van der Waals surface area contributed by atoms with Gasteiger partial charge >= 0.3 is 0 Å². The number of benzene rings is 1. The molecule has 0 amide bonds. The predicted molar refractivity (Wildman–Crippen MR) is 74.1 cm³/mol. The highest BCUT2D eigenvalue weighted by molar-refractivity contribution is 7.09. The van der Waals surface area contributed by atoms with Crippen molar-refractivity contribution in [1.29, 1.82) is 5.26 Å². The van der Waals surface area contributed by atoms with Crippen LogP contribution in [0.4, 0.5) is 5.69 Å². The topological polar surface area (TPSA) is 66.9 Å². The molecule has 4 nitrogen and oxygen atoms in total. The standard InChI is InChI=1S/C14H12N2O2S/c1-14(10-15,9-13-3-2-8-19-13)11-4-6-12(7-5-11)16(17)18/h2-8H,9H2,1H3. The molecule has 2 rings (SSSR count). The van der Waals surface area contributed by atoms with E-state index in [1.54, 1.807) is 23.5 Å². The van der Waals surface area contributed by atoms with E-state index in [0.29, 0.717) is 6.42 Å². The second-order valence-electron chi connectivity index (χ2n) is 4.50. The van der Waals surface area contributed by atoms with Crippen LogP contribution in [0.5, 0.6) is 0 Å². The van der Waals surface area contributed by atoms with E-state index in [0.717, 1.165) is 10.4 Å². The molecule has 19 heavy (non-hydrogen) atoms. The molecule has 0 saturated heterocycles. The van der Waals surface area contributed by atoms with Crippen LogP contribution in [0.25, 0.3) is 0 Å². The molecule has 0 aliphatic carbocycles. The molecular formula is C14H12N2O2S. The highest BCUT2D eigenvalue weighted by atomic mass is 32.1. The van der Waals surface area contributed by atoms with E-state index in [-0.39, 0.29) is 5.69 Å². The van der Waals surface area contributed by atoms with E-state index in [1.165, 1.54) is 12.1 Å². The summed E-state index contributed by atoms with van der Waals surface area (Å²) in [7, 11) is 0. The van der Waals surface area contributed by atoms with Crippen molar-refractivity contribution in [3.63, 3.8) is 0 Å². The molecule has 0 fully saturated rings. The summed E-state index contributed by atoms with van der Waals surface area (Å²) in [5, 5.41) is 22.0. The van der Waals surface area contributed by atoms with Crippen molar-refractivity contribution in [3.05, 3.63) is 62.3 Å². The number of thiophene rings is 1. The average Bonchev–Trinajstić information content (AvgIpc) is 2.91. The number of hydrogen-bond acceptors (Lipinski definition) is 4. The predicted octanol–water partition coefficient (Wildman–Crippen LogP) is 3.68. The molecule has 96 valence electrons. The van der Waals surface area contributed by atoms with E-state index in [9.17, 15) is 15.4 Å². The molecule has 0 aliphatic heterocycles. The van der Waals surface area contributed by atoms with Gasteiger partial charge in [0.1, 0.15) is 0 Å². The molecule has 0 bridgehead atoms. The SMILES string of the molecule is CC(C#N)(Cc1cccs1)c1ccc([N+](=O)[O-])cc1. The third kappa shape index (κ3) is 2.80. The number of nitro benzene ring substituents is 1. The summed E-state index contributed by atoms with van der Waals surface area (Å²) < 4.78 is 0.